The molecule has 0 saturated carbocycles. The van der Waals surface area contributed by atoms with Gasteiger partial charge in [0.05, 0.1) is 10.6 Å². The normalized spacial score (nSPS) is 12.0. The van der Waals surface area contributed by atoms with Crippen LogP contribution in [0.1, 0.15) is 22.3 Å². The fourth-order valence-electron chi connectivity index (χ4n) is 4.76. The molecule has 230 valence electrons. The van der Waals surface area contributed by atoms with Crippen LogP contribution in [0.2, 0.25) is 15.1 Å². The summed E-state index contributed by atoms with van der Waals surface area (Å²) in [5, 5.41) is 3.68. The molecule has 4 rings (SSSR count). The number of carbonyl (C=O) groups is 2. The number of nitrogens with zero attached hydrogens (tertiary/aromatic N) is 2. The maximum Gasteiger partial charge on any atom is 0.264 e. The van der Waals surface area contributed by atoms with Crippen LogP contribution in [0.5, 0.6) is 0 Å². The van der Waals surface area contributed by atoms with Gasteiger partial charge >= 0.3 is 0 Å². The van der Waals surface area contributed by atoms with Crippen LogP contribution in [-0.2, 0) is 32.6 Å². The summed E-state index contributed by atoms with van der Waals surface area (Å²) in [5.74, 6) is -1.03. The maximum atomic E-state index is 14.4. The fourth-order valence-corrected chi connectivity index (χ4v) is 6.86. The van der Waals surface area contributed by atoms with Gasteiger partial charge in [-0.2, -0.15) is 0 Å². The Bertz CT molecular complexity index is 1750. The lowest BCUT2D eigenvalue weighted by molar-refractivity contribution is -0.139. The van der Waals surface area contributed by atoms with Crippen LogP contribution in [0.15, 0.2) is 95.9 Å². The summed E-state index contributed by atoms with van der Waals surface area (Å²) in [6.07, 6.45) is 0.179. The lowest BCUT2D eigenvalue weighted by Crippen LogP contribution is -2.53. The van der Waals surface area contributed by atoms with E-state index in [1.807, 2.05) is 37.3 Å². The molecule has 1 N–H and O–H groups in total. The van der Waals surface area contributed by atoms with E-state index in [0.29, 0.717) is 26.2 Å². The zero-order valence-electron chi connectivity index (χ0n) is 24.4. The first-order chi connectivity index (χ1) is 20.9. The average Bonchev–Trinajstić information content (AvgIpc) is 3.00. The first kappa shape index (κ1) is 33.3. The Kier molecular flexibility index (Phi) is 11.0. The molecule has 0 fully saturated rings. The van der Waals surface area contributed by atoms with Crippen LogP contribution in [0.3, 0.4) is 0 Å². The number of amides is 2. The standard InChI is InChI=1S/C33H32Cl3N3O4S/c1-22-9-15-28(16-10-22)44(42,43)39(30-19-27(35)13-11-23(30)2)21-32(40)38(20-25-12-14-26(34)18-29(25)36)31(33(41)37-3)17-24-7-5-4-6-8-24/h4-16,18-19,31H,17,20-21H2,1-3H3,(H,37,41). The highest BCUT2D eigenvalue weighted by Crippen LogP contribution is 2.31. The lowest BCUT2D eigenvalue weighted by atomic mass is 10.0. The van der Waals surface area contributed by atoms with Gasteiger partial charge in [-0.3, -0.25) is 13.9 Å². The van der Waals surface area contributed by atoms with Gasteiger partial charge in [-0.25, -0.2) is 8.42 Å². The molecule has 0 radical (unpaired) electrons. The second-order valence-corrected chi connectivity index (χ2v) is 13.5. The number of carbonyl (C=O) groups excluding carboxylic acids is 2. The third-order valence-corrected chi connectivity index (χ3v) is 9.80. The van der Waals surface area contributed by atoms with Gasteiger partial charge in [-0.05, 0) is 66.9 Å². The highest BCUT2D eigenvalue weighted by atomic mass is 35.5. The second-order valence-electron chi connectivity index (χ2n) is 10.3. The number of likely N-dealkylation sites (N-methyl/N-ethyl adjacent to an activating group) is 1. The summed E-state index contributed by atoms with van der Waals surface area (Å²) in [7, 11) is -2.76. The molecule has 0 aliphatic rings. The van der Waals surface area contributed by atoms with Gasteiger partial charge < -0.3 is 10.2 Å². The molecule has 4 aromatic carbocycles. The third kappa shape index (κ3) is 7.93. The quantitative estimate of drug-likeness (QED) is 0.189. The molecule has 0 spiro atoms. The van der Waals surface area contributed by atoms with Crippen LogP contribution in [-0.4, -0.2) is 44.8 Å². The zero-order chi connectivity index (χ0) is 32.0. The molecule has 0 bridgehead atoms. The topological polar surface area (TPSA) is 86.8 Å². The summed E-state index contributed by atoms with van der Waals surface area (Å²) in [6.45, 7) is 2.91. The van der Waals surface area contributed by atoms with E-state index in [2.05, 4.69) is 5.32 Å². The molecular formula is C33H32Cl3N3O4S. The van der Waals surface area contributed by atoms with Gasteiger partial charge in [-0.15, -0.1) is 0 Å². The molecule has 0 saturated heterocycles. The highest BCUT2D eigenvalue weighted by molar-refractivity contribution is 7.92. The molecule has 1 atom stereocenters. The van der Waals surface area contributed by atoms with Crippen LogP contribution in [0.4, 0.5) is 5.69 Å². The Morgan fingerprint density at radius 2 is 1.48 bits per heavy atom. The highest BCUT2D eigenvalue weighted by Gasteiger charge is 2.35. The molecule has 0 heterocycles. The molecule has 2 amide bonds. The molecule has 1 unspecified atom stereocenters. The fraction of sp³-hybridized carbons (Fsp3) is 0.212. The smallest absolute Gasteiger partial charge is 0.264 e. The van der Waals surface area contributed by atoms with Gasteiger partial charge in [0, 0.05) is 35.1 Å². The van der Waals surface area contributed by atoms with E-state index >= 15 is 0 Å². The van der Waals surface area contributed by atoms with Crippen LogP contribution in [0, 0.1) is 13.8 Å². The van der Waals surface area contributed by atoms with Gasteiger partial charge in [0.25, 0.3) is 10.0 Å². The van der Waals surface area contributed by atoms with Crippen molar-refractivity contribution in [3.05, 3.63) is 128 Å². The van der Waals surface area contributed by atoms with Crippen molar-refractivity contribution in [3.8, 4) is 0 Å². The predicted molar refractivity (Wildman–Crippen MR) is 177 cm³/mol. The molecule has 44 heavy (non-hydrogen) atoms. The van der Waals surface area contributed by atoms with Crippen molar-refractivity contribution in [2.24, 2.45) is 0 Å². The predicted octanol–water partition coefficient (Wildman–Crippen LogP) is 6.85. The summed E-state index contributed by atoms with van der Waals surface area (Å²) in [5.41, 5.74) is 3.08. The van der Waals surface area contributed by atoms with Crippen molar-refractivity contribution >= 4 is 62.3 Å². The Morgan fingerprint density at radius 1 is 0.841 bits per heavy atom. The first-order valence-corrected chi connectivity index (χ1v) is 16.3. The van der Waals surface area contributed by atoms with E-state index in [-0.39, 0.29) is 23.5 Å². The lowest BCUT2D eigenvalue weighted by Gasteiger charge is -2.34. The maximum absolute atomic E-state index is 14.4. The van der Waals surface area contributed by atoms with Gasteiger partial charge in [0.2, 0.25) is 11.8 Å². The minimum Gasteiger partial charge on any atom is -0.357 e. The number of anilines is 1. The number of hydrogen-bond donors (Lipinski definition) is 1. The molecule has 11 heteroatoms. The minimum atomic E-state index is -4.25. The molecule has 0 aliphatic heterocycles. The van der Waals surface area contributed by atoms with Crippen molar-refractivity contribution in [1.82, 2.24) is 10.2 Å². The van der Waals surface area contributed by atoms with Crippen LogP contribution >= 0.6 is 34.8 Å². The van der Waals surface area contributed by atoms with Gasteiger partial charge in [0.1, 0.15) is 12.6 Å². The average molecular weight is 673 g/mol. The largest absolute Gasteiger partial charge is 0.357 e. The van der Waals surface area contributed by atoms with Crippen molar-refractivity contribution < 1.29 is 18.0 Å². The molecule has 0 aromatic heterocycles. The Balaban J connectivity index is 1.84. The summed E-state index contributed by atoms with van der Waals surface area (Å²) < 4.78 is 29.4. The Hall–Kier alpha value is -3.56. The van der Waals surface area contributed by atoms with Crippen LogP contribution < -0.4 is 9.62 Å². The van der Waals surface area contributed by atoms with Crippen molar-refractivity contribution in [1.29, 1.82) is 0 Å². The van der Waals surface area contributed by atoms with Crippen molar-refractivity contribution in [2.45, 2.75) is 37.8 Å². The SMILES string of the molecule is CNC(=O)C(Cc1ccccc1)N(Cc1ccc(Cl)cc1Cl)C(=O)CN(c1cc(Cl)ccc1C)S(=O)(=O)c1ccc(C)cc1. The molecular weight excluding hydrogens is 641 g/mol. The van der Waals surface area contributed by atoms with Crippen molar-refractivity contribution in [2.75, 3.05) is 17.9 Å². The molecule has 4 aromatic rings. The monoisotopic (exact) mass is 671 g/mol. The summed E-state index contributed by atoms with van der Waals surface area (Å²) in [4.78, 5) is 29.2. The number of sulfonamides is 1. The number of nitrogens with one attached hydrogen (secondary N) is 1. The van der Waals surface area contributed by atoms with Gasteiger partial charge in [-0.1, -0.05) is 95.0 Å². The van der Waals surface area contributed by atoms with E-state index in [4.69, 9.17) is 34.8 Å². The number of benzene rings is 4. The summed E-state index contributed by atoms with van der Waals surface area (Å²) >= 11 is 19.0. The van der Waals surface area contributed by atoms with Crippen LogP contribution in [0.25, 0.3) is 0 Å². The van der Waals surface area contributed by atoms with E-state index in [1.165, 1.54) is 30.1 Å². The number of aryl methyl sites for hydroxylation is 2. The Morgan fingerprint density at radius 3 is 2.11 bits per heavy atom. The van der Waals surface area contributed by atoms with E-state index in [9.17, 15) is 18.0 Å². The number of rotatable bonds is 11. The molecule has 0 aliphatic carbocycles. The Labute approximate surface area is 273 Å². The van der Waals surface area contributed by atoms with E-state index < -0.39 is 34.4 Å². The van der Waals surface area contributed by atoms with E-state index in [0.717, 1.165) is 15.4 Å². The van der Waals surface area contributed by atoms with Crippen molar-refractivity contribution in [3.63, 3.8) is 0 Å². The second kappa shape index (κ2) is 14.5. The zero-order valence-corrected chi connectivity index (χ0v) is 27.5. The van der Waals surface area contributed by atoms with Gasteiger partial charge in [0.15, 0.2) is 0 Å². The number of halogens is 3. The van der Waals surface area contributed by atoms with E-state index in [1.54, 1.807) is 49.4 Å². The minimum absolute atomic E-state index is 0.00899. The third-order valence-electron chi connectivity index (χ3n) is 7.20. The number of hydrogen-bond acceptors (Lipinski definition) is 4. The summed E-state index contributed by atoms with van der Waals surface area (Å²) in [6, 6.07) is 24.4. The first-order valence-electron chi connectivity index (χ1n) is 13.7. The molecule has 7 nitrogen and oxygen atoms in total.